The van der Waals surface area contributed by atoms with Gasteiger partial charge in [0, 0.05) is 30.5 Å². The van der Waals surface area contributed by atoms with Crippen molar-refractivity contribution in [3.63, 3.8) is 0 Å². The molecule has 0 saturated carbocycles. The van der Waals surface area contributed by atoms with Gasteiger partial charge in [-0.15, -0.1) is 0 Å². The molecule has 0 spiro atoms. The van der Waals surface area contributed by atoms with E-state index in [1.54, 1.807) is 0 Å². The third-order valence-electron chi connectivity index (χ3n) is 2.92. The van der Waals surface area contributed by atoms with Crippen molar-refractivity contribution in [3.05, 3.63) is 28.8 Å². The molecular weight excluding hydrogens is 300 g/mol. The molecule has 1 heterocycles. The number of carbonyl (C=O) groups excluding carboxylic acids is 1. The third-order valence-corrected chi connectivity index (χ3v) is 4.38. The first-order valence-electron chi connectivity index (χ1n) is 6.20. The fourth-order valence-electron chi connectivity index (χ4n) is 1.93. The van der Waals surface area contributed by atoms with Crippen LogP contribution in [0.1, 0.15) is 16.8 Å². The summed E-state index contributed by atoms with van der Waals surface area (Å²) in [6.07, 6.45) is 0.348. The van der Waals surface area contributed by atoms with Gasteiger partial charge in [-0.2, -0.15) is 11.8 Å². The number of anilines is 1. The van der Waals surface area contributed by atoms with Crippen molar-refractivity contribution < 1.29 is 14.7 Å². The maximum atomic E-state index is 11.9. The van der Waals surface area contributed by atoms with Gasteiger partial charge in [0.1, 0.15) is 0 Å². The van der Waals surface area contributed by atoms with Gasteiger partial charge in [0.25, 0.3) is 0 Å². The first kappa shape index (κ1) is 15.2. The smallest absolute Gasteiger partial charge is 0.335 e. The van der Waals surface area contributed by atoms with Crippen LogP contribution < -0.4 is 10.6 Å². The molecule has 0 aromatic heterocycles. The number of halogens is 1. The molecule has 1 aromatic rings. The lowest BCUT2D eigenvalue weighted by molar-refractivity contribution is -0.116. The van der Waals surface area contributed by atoms with Crippen molar-refractivity contribution in [1.82, 2.24) is 5.32 Å². The van der Waals surface area contributed by atoms with Crippen LogP contribution in [0.25, 0.3) is 0 Å². The van der Waals surface area contributed by atoms with Crippen LogP contribution in [0.2, 0.25) is 5.02 Å². The third kappa shape index (κ3) is 4.13. The summed E-state index contributed by atoms with van der Waals surface area (Å²) in [5.41, 5.74) is 0.427. The Morgan fingerprint density at radius 1 is 1.50 bits per heavy atom. The average molecular weight is 315 g/mol. The Morgan fingerprint density at radius 3 is 2.95 bits per heavy atom. The number of benzene rings is 1. The van der Waals surface area contributed by atoms with Gasteiger partial charge in [-0.05, 0) is 18.2 Å². The number of carboxylic acids is 1. The molecule has 1 fully saturated rings. The van der Waals surface area contributed by atoms with Crippen LogP contribution in [0.4, 0.5) is 5.69 Å². The fraction of sp³-hybridized carbons (Fsp3) is 0.385. The largest absolute Gasteiger partial charge is 0.478 e. The van der Waals surface area contributed by atoms with E-state index in [-0.39, 0.29) is 17.5 Å². The van der Waals surface area contributed by atoms with E-state index in [0.29, 0.717) is 17.1 Å². The predicted molar refractivity (Wildman–Crippen MR) is 80.8 cm³/mol. The summed E-state index contributed by atoms with van der Waals surface area (Å²) in [4.78, 5) is 22.8. The van der Waals surface area contributed by atoms with E-state index in [9.17, 15) is 9.59 Å². The number of hydrogen-bond acceptors (Lipinski definition) is 4. The predicted octanol–water partition coefficient (Wildman–Crippen LogP) is 2.07. The molecule has 5 nitrogen and oxygen atoms in total. The summed E-state index contributed by atoms with van der Waals surface area (Å²) in [5, 5.41) is 15.2. The van der Waals surface area contributed by atoms with Crippen molar-refractivity contribution in [3.8, 4) is 0 Å². The Bertz CT molecular complexity index is 518. The Kier molecular flexibility index (Phi) is 5.28. The fourth-order valence-corrected chi connectivity index (χ4v) is 3.04. The molecule has 108 valence electrons. The Morgan fingerprint density at radius 2 is 2.30 bits per heavy atom. The molecule has 0 radical (unpaired) electrons. The summed E-state index contributed by atoms with van der Waals surface area (Å²) in [6, 6.07) is 4.39. The highest BCUT2D eigenvalue weighted by Gasteiger charge is 2.17. The van der Waals surface area contributed by atoms with Crippen LogP contribution in [0.3, 0.4) is 0 Å². The van der Waals surface area contributed by atoms with E-state index in [2.05, 4.69) is 10.6 Å². The van der Waals surface area contributed by atoms with Crippen molar-refractivity contribution in [2.24, 2.45) is 0 Å². The lowest BCUT2D eigenvalue weighted by Crippen LogP contribution is -2.39. The van der Waals surface area contributed by atoms with Gasteiger partial charge in [-0.25, -0.2) is 4.79 Å². The number of thioether (sulfide) groups is 1. The summed E-state index contributed by atoms with van der Waals surface area (Å²) < 4.78 is 0. The Balaban J connectivity index is 1.99. The number of aromatic carboxylic acids is 1. The van der Waals surface area contributed by atoms with Gasteiger partial charge < -0.3 is 15.7 Å². The number of hydrogen-bond donors (Lipinski definition) is 3. The van der Waals surface area contributed by atoms with Gasteiger partial charge in [0.15, 0.2) is 0 Å². The number of amides is 1. The molecule has 1 amide bonds. The number of nitrogens with one attached hydrogen (secondary N) is 2. The van der Waals surface area contributed by atoms with Crippen molar-refractivity contribution in [1.29, 1.82) is 0 Å². The van der Waals surface area contributed by atoms with Crippen molar-refractivity contribution >= 4 is 40.9 Å². The van der Waals surface area contributed by atoms with E-state index in [0.717, 1.165) is 18.1 Å². The second kappa shape index (κ2) is 6.97. The lowest BCUT2D eigenvalue weighted by Gasteiger charge is -2.22. The molecule has 2 rings (SSSR count). The minimum atomic E-state index is -1.05. The first-order valence-corrected chi connectivity index (χ1v) is 7.73. The van der Waals surface area contributed by atoms with Gasteiger partial charge in [0.2, 0.25) is 5.91 Å². The number of rotatable bonds is 4. The van der Waals surface area contributed by atoms with E-state index in [4.69, 9.17) is 16.7 Å². The minimum absolute atomic E-state index is 0.0936. The topological polar surface area (TPSA) is 78.4 Å². The number of carboxylic acid groups (broad SMARTS) is 1. The van der Waals surface area contributed by atoms with E-state index in [1.165, 1.54) is 18.2 Å². The summed E-state index contributed by atoms with van der Waals surface area (Å²) >= 11 is 7.77. The first-order chi connectivity index (χ1) is 9.56. The normalized spacial score (nSPS) is 18.6. The van der Waals surface area contributed by atoms with E-state index < -0.39 is 5.97 Å². The summed E-state index contributed by atoms with van der Waals surface area (Å²) in [6.45, 7) is 0.901. The minimum Gasteiger partial charge on any atom is -0.478 e. The molecule has 1 aromatic carbocycles. The highest BCUT2D eigenvalue weighted by Crippen LogP contribution is 2.23. The van der Waals surface area contributed by atoms with Crippen LogP contribution in [-0.2, 0) is 4.79 Å². The number of carbonyl (C=O) groups is 2. The van der Waals surface area contributed by atoms with Crippen LogP contribution in [0.5, 0.6) is 0 Å². The highest BCUT2D eigenvalue weighted by atomic mass is 35.5. The van der Waals surface area contributed by atoms with E-state index >= 15 is 0 Å². The zero-order chi connectivity index (χ0) is 14.5. The maximum Gasteiger partial charge on any atom is 0.335 e. The average Bonchev–Trinajstić information content (AvgIpc) is 2.42. The highest BCUT2D eigenvalue weighted by molar-refractivity contribution is 7.99. The van der Waals surface area contributed by atoms with Crippen LogP contribution >= 0.6 is 23.4 Å². The summed E-state index contributed by atoms with van der Waals surface area (Å²) in [7, 11) is 0. The monoisotopic (exact) mass is 314 g/mol. The molecule has 1 saturated heterocycles. The second-order valence-electron chi connectivity index (χ2n) is 4.48. The summed E-state index contributed by atoms with van der Waals surface area (Å²) in [5.74, 6) is 0.734. The zero-order valence-electron chi connectivity index (χ0n) is 10.7. The van der Waals surface area contributed by atoms with Gasteiger partial charge in [-0.1, -0.05) is 11.6 Å². The molecule has 1 atom stereocenters. The maximum absolute atomic E-state index is 11.9. The molecule has 7 heteroatoms. The zero-order valence-corrected chi connectivity index (χ0v) is 12.3. The molecule has 3 N–H and O–H groups in total. The SMILES string of the molecule is O=C(CC1CSCCN1)Nc1cc(C(=O)O)ccc1Cl. The molecule has 1 aliphatic heterocycles. The Labute approximate surface area is 126 Å². The van der Waals surface area contributed by atoms with Crippen LogP contribution in [0, 0.1) is 0 Å². The van der Waals surface area contributed by atoms with Crippen LogP contribution in [-0.4, -0.2) is 41.1 Å². The van der Waals surface area contributed by atoms with Crippen molar-refractivity contribution in [2.45, 2.75) is 12.5 Å². The second-order valence-corrected chi connectivity index (χ2v) is 6.04. The van der Waals surface area contributed by atoms with E-state index in [1.807, 2.05) is 11.8 Å². The molecular formula is C13H15ClN2O3S. The van der Waals surface area contributed by atoms with Gasteiger partial charge >= 0.3 is 5.97 Å². The van der Waals surface area contributed by atoms with Crippen LogP contribution in [0.15, 0.2) is 18.2 Å². The molecule has 1 aliphatic rings. The lowest BCUT2D eigenvalue weighted by atomic mass is 10.2. The standard InChI is InChI=1S/C13H15ClN2O3S/c14-10-2-1-8(13(18)19)5-11(10)16-12(17)6-9-7-20-4-3-15-9/h1-2,5,9,15H,3-4,6-7H2,(H,16,17)(H,18,19). The molecule has 0 aliphatic carbocycles. The molecule has 0 bridgehead atoms. The Hall–Kier alpha value is -1.24. The molecule has 20 heavy (non-hydrogen) atoms. The quantitative estimate of drug-likeness (QED) is 0.793. The van der Waals surface area contributed by atoms with Crippen molar-refractivity contribution in [2.75, 3.05) is 23.4 Å². The molecule has 1 unspecified atom stereocenters. The van der Waals surface area contributed by atoms with Gasteiger partial charge in [-0.3, -0.25) is 4.79 Å². The van der Waals surface area contributed by atoms with Gasteiger partial charge in [0.05, 0.1) is 16.3 Å².